The molecule has 2 heterocycles. The van der Waals surface area contributed by atoms with E-state index in [1.165, 1.54) is 19.3 Å². The Labute approximate surface area is 168 Å². The lowest BCUT2D eigenvalue weighted by Crippen LogP contribution is -2.44. The molecular weight excluding hydrogens is 370 g/mol. The molecule has 0 atom stereocenters. The maximum atomic E-state index is 12.3. The van der Waals surface area contributed by atoms with Crippen molar-refractivity contribution in [3.8, 4) is 5.75 Å². The predicted molar refractivity (Wildman–Crippen MR) is 112 cm³/mol. The Morgan fingerprint density at radius 1 is 1.24 bits per heavy atom. The van der Waals surface area contributed by atoms with Crippen LogP contribution < -0.4 is 15.7 Å². The molecule has 3 N–H and O–H groups in total. The number of carbonyl (C=O) groups is 1. The molecule has 8 heteroatoms. The Morgan fingerprint density at radius 2 is 2.07 bits per heavy atom. The number of rotatable bonds is 6. The molecule has 1 saturated carbocycles. The van der Waals surface area contributed by atoms with Gasteiger partial charge in [0, 0.05) is 25.0 Å². The lowest BCUT2D eigenvalue weighted by Gasteiger charge is -2.31. The molecule has 0 spiro atoms. The van der Waals surface area contributed by atoms with Gasteiger partial charge in [-0.2, -0.15) is 0 Å². The van der Waals surface area contributed by atoms with Gasteiger partial charge in [0.15, 0.2) is 5.65 Å². The summed E-state index contributed by atoms with van der Waals surface area (Å²) in [5.41, 5.74) is 1.74. The number of nitrogens with zero attached hydrogens (tertiary/aromatic N) is 2. The fourth-order valence-corrected chi connectivity index (χ4v) is 3.91. The molecule has 4 rings (SSSR count). The van der Waals surface area contributed by atoms with Gasteiger partial charge in [-0.1, -0.05) is 19.3 Å². The summed E-state index contributed by atoms with van der Waals surface area (Å²) in [7, 11) is 1.89. The van der Waals surface area contributed by atoms with E-state index in [1.807, 2.05) is 36.2 Å². The lowest BCUT2D eigenvalue weighted by atomic mass is 9.95. The first kappa shape index (κ1) is 19.3. The highest BCUT2D eigenvalue weighted by Gasteiger charge is 2.21. The number of benzene rings is 1. The van der Waals surface area contributed by atoms with Gasteiger partial charge in [-0.15, -0.1) is 0 Å². The number of aromatic amines is 2. The minimum absolute atomic E-state index is 0.00167. The van der Waals surface area contributed by atoms with Gasteiger partial charge in [0.05, 0.1) is 17.6 Å². The van der Waals surface area contributed by atoms with Gasteiger partial charge in [-0.05, 0) is 43.5 Å². The molecule has 3 aromatic rings. The largest absolute Gasteiger partial charge is 0.494 e. The maximum absolute atomic E-state index is 12.3. The number of nitrogens with one attached hydrogen (secondary N) is 3. The molecule has 1 aliphatic rings. The van der Waals surface area contributed by atoms with Gasteiger partial charge >= 0.3 is 11.7 Å². The number of urea groups is 1. The van der Waals surface area contributed by atoms with Crippen LogP contribution in [-0.4, -0.2) is 52.1 Å². The first-order chi connectivity index (χ1) is 14.1. The molecule has 0 unspecified atom stereocenters. The van der Waals surface area contributed by atoms with Crippen molar-refractivity contribution in [2.24, 2.45) is 0 Å². The fourth-order valence-electron chi connectivity index (χ4n) is 3.91. The molecule has 1 aromatic carbocycles. The molecule has 1 fully saturated rings. The van der Waals surface area contributed by atoms with E-state index in [4.69, 9.17) is 4.74 Å². The summed E-state index contributed by atoms with van der Waals surface area (Å²) in [6.45, 7) is 1.09. The van der Waals surface area contributed by atoms with Gasteiger partial charge in [0.25, 0.3) is 0 Å². The molecule has 8 nitrogen and oxygen atoms in total. The molecule has 0 radical (unpaired) electrons. The van der Waals surface area contributed by atoms with E-state index < -0.39 is 0 Å². The van der Waals surface area contributed by atoms with Crippen LogP contribution in [-0.2, 0) is 0 Å². The summed E-state index contributed by atoms with van der Waals surface area (Å²) in [4.78, 5) is 35.3. The Balaban J connectivity index is 1.25. The van der Waals surface area contributed by atoms with Gasteiger partial charge in [0.2, 0.25) is 0 Å². The highest BCUT2D eigenvalue weighted by atomic mass is 16.5. The van der Waals surface area contributed by atoms with Crippen LogP contribution in [0.15, 0.2) is 29.1 Å². The number of carbonyl (C=O) groups excluding carboxylic acids is 1. The molecular formula is C21H27N5O3. The second-order valence-electron chi connectivity index (χ2n) is 7.65. The van der Waals surface area contributed by atoms with E-state index in [-0.39, 0.29) is 11.7 Å². The maximum Gasteiger partial charge on any atom is 0.325 e. The van der Waals surface area contributed by atoms with Crippen LogP contribution in [0.1, 0.15) is 38.5 Å². The van der Waals surface area contributed by atoms with Crippen LogP contribution in [0.4, 0.5) is 4.79 Å². The third-order valence-corrected chi connectivity index (χ3v) is 5.58. The highest BCUT2D eigenvalue weighted by molar-refractivity contribution is 5.89. The zero-order valence-electron chi connectivity index (χ0n) is 16.7. The molecule has 0 bridgehead atoms. The SMILES string of the molecule is CN(C(=O)NCCCOc1ccc2nc3[nH]c(=O)[nH]c3cc2c1)C1CCCCC1. The third-order valence-electron chi connectivity index (χ3n) is 5.58. The summed E-state index contributed by atoms with van der Waals surface area (Å²) in [5.74, 6) is 0.738. The number of H-pyrrole nitrogens is 2. The van der Waals surface area contributed by atoms with E-state index in [0.29, 0.717) is 30.4 Å². The molecule has 0 aliphatic heterocycles. The summed E-state index contributed by atoms with van der Waals surface area (Å²) in [5, 5.41) is 3.87. The second kappa shape index (κ2) is 8.55. The number of hydrogen-bond acceptors (Lipinski definition) is 4. The number of imidazole rings is 1. The van der Waals surface area contributed by atoms with Crippen molar-refractivity contribution in [1.82, 2.24) is 25.2 Å². The average molecular weight is 397 g/mol. The third kappa shape index (κ3) is 4.52. The number of fused-ring (bicyclic) bond motifs is 2. The van der Waals surface area contributed by atoms with E-state index in [9.17, 15) is 9.59 Å². The molecule has 0 saturated heterocycles. The van der Waals surface area contributed by atoms with Crippen LogP contribution in [0.2, 0.25) is 0 Å². The van der Waals surface area contributed by atoms with Gasteiger partial charge in [0.1, 0.15) is 5.75 Å². The van der Waals surface area contributed by atoms with Crippen molar-refractivity contribution in [2.45, 2.75) is 44.6 Å². The van der Waals surface area contributed by atoms with Crippen molar-refractivity contribution < 1.29 is 9.53 Å². The van der Waals surface area contributed by atoms with E-state index in [2.05, 4.69) is 20.3 Å². The van der Waals surface area contributed by atoms with Crippen LogP contribution in [0, 0.1) is 0 Å². The predicted octanol–water partition coefficient (Wildman–Crippen LogP) is 3.15. The minimum Gasteiger partial charge on any atom is -0.494 e. The average Bonchev–Trinajstić information content (AvgIpc) is 3.10. The molecule has 2 amide bonds. The summed E-state index contributed by atoms with van der Waals surface area (Å²) in [6.07, 6.45) is 6.64. The van der Waals surface area contributed by atoms with Crippen molar-refractivity contribution in [2.75, 3.05) is 20.2 Å². The molecule has 154 valence electrons. The lowest BCUT2D eigenvalue weighted by molar-refractivity contribution is 0.173. The van der Waals surface area contributed by atoms with E-state index >= 15 is 0 Å². The number of aromatic nitrogens is 3. The van der Waals surface area contributed by atoms with Crippen LogP contribution in [0.5, 0.6) is 5.75 Å². The Kier molecular flexibility index (Phi) is 5.69. The monoisotopic (exact) mass is 397 g/mol. The number of amides is 2. The normalized spacial score (nSPS) is 14.9. The summed E-state index contributed by atoms with van der Waals surface area (Å²) in [6, 6.07) is 7.88. The highest BCUT2D eigenvalue weighted by Crippen LogP contribution is 2.23. The van der Waals surface area contributed by atoms with Crippen molar-refractivity contribution in [3.05, 3.63) is 34.7 Å². The molecule has 1 aliphatic carbocycles. The quantitative estimate of drug-likeness (QED) is 0.556. The van der Waals surface area contributed by atoms with Gasteiger partial charge < -0.3 is 19.9 Å². The van der Waals surface area contributed by atoms with Crippen molar-refractivity contribution >= 4 is 28.1 Å². The molecule has 2 aromatic heterocycles. The summed E-state index contributed by atoms with van der Waals surface area (Å²) >= 11 is 0. The zero-order chi connectivity index (χ0) is 20.2. The number of pyridine rings is 1. The molecule has 29 heavy (non-hydrogen) atoms. The minimum atomic E-state index is -0.268. The Bertz CT molecular complexity index is 1050. The Hall–Kier alpha value is -3.03. The zero-order valence-corrected chi connectivity index (χ0v) is 16.7. The standard InChI is InChI=1S/C21H27N5O3/c1-26(15-6-3-2-4-7-15)21(28)22-10-5-11-29-16-8-9-17-14(12-16)13-18-19(23-17)25-20(27)24-18/h8-9,12-13,15H,2-7,10-11H2,1H3,(H,22,28)(H2,23,24,25,27). The van der Waals surface area contributed by atoms with E-state index in [1.54, 1.807) is 0 Å². The summed E-state index contributed by atoms with van der Waals surface area (Å²) < 4.78 is 5.82. The first-order valence-electron chi connectivity index (χ1n) is 10.3. The fraction of sp³-hybridized carbons (Fsp3) is 0.476. The van der Waals surface area contributed by atoms with Crippen molar-refractivity contribution in [1.29, 1.82) is 0 Å². The number of ether oxygens (including phenoxy) is 1. The first-order valence-corrected chi connectivity index (χ1v) is 10.3. The Morgan fingerprint density at radius 3 is 2.90 bits per heavy atom. The topological polar surface area (TPSA) is 103 Å². The van der Waals surface area contributed by atoms with Gasteiger partial charge in [-0.25, -0.2) is 14.6 Å². The van der Waals surface area contributed by atoms with Crippen LogP contribution in [0.3, 0.4) is 0 Å². The van der Waals surface area contributed by atoms with Crippen LogP contribution in [0.25, 0.3) is 22.1 Å². The second-order valence-corrected chi connectivity index (χ2v) is 7.65. The van der Waals surface area contributed by atoms with Crippen molar-refractivity contribution in [3.63, 3.8) is 0 Å². The van der Waals surface area contributed by atoms with Gasteiger partial charge in [-0.3, -0.25) is 4.98 Å². The number of hydrogen-bond donors (Lipinski definition) is 3. The van der Waals surface area contributed by atoms with E-state index in [0.717, 1.165) is 35.9 Å². The van der Waals surface area contributed by atoms with Crippen LogP contribution >= 0.6 is 0 Å². The smallest absolute Gasteiger partial charge is 0.325 e.